The van der Waals surface area contributed by atoms with Crippen LogP contribution in [0.5, 0.6) is 0 Å². The zero-order valence-electron chi connectivity index (χ0n) is 12.8. The summed E-state index contributed by atoms with van der Waals surface area (Å²) in [6.45, 7) is 0.477. The lowest BCUT2D eigenvalue weighted by Gasteiger charge is -2.15. The fourth-order valence-corrected chi connectivity index (χ4v) is 2.94. The molecule has 9 heteroatoms. The van der Waals surface area contributed by atoms with Crippen LogP contribution in [0.3, 0.4) is 0 Å². The summed E-state index contributed by atoms with van der Waals surface area (Å²) >= 11 is 1.54. The van der Waals surface area contributed by atoms with Crippen LogP contribution < -0.4 is 5.32 Å². The lowest BCUT2D eigenvalue weighted by molar-refractivity contribution is -0.131. The molecule has 0 aliphatic carbocycles. The molecule has 0 radical (unpaired) electrons. The van der Waals surface area contributed by atoms with Crippen molar-refractivity contribution < 1.29 is 14.4 Å². The standard InChI is InChI=1S/C13H19N5O3S/c1-16-6-4-15-12(16)22-7-5-14-10(19)8-9-11(20)18(3)13(21)17(9)2/h4,6,9H,5,7-8H2,1-3H3,(H,14,19)/t9-/m1/s1. The molecular weight excluding hydrogens is 306 g/mol. The first kappa shape index (κ1) is 16.3. The fraction of sp³-hybridized carbons (Fsp3) is 0.538. The summed E-state index contributed by atoms with van der Waals surface area (Å²) in [5.41, 5.74) is 0. The normalized spacial score (nSPS) is 18.2. The van der Waals surface area contributed by atoms with Crippen molar-refractivity contribution in [3.05, 3.63) is 12.4 Å². The molecule has 1 atom stereocenters. The number of nitrogens with one attached hydrogen (secondary N) is 1. The van der Waals surface area contributed by atoms with Crippen molar-refractivity contribution >= 4 is 29.6 Å². The molecule has 1 aromatic rings. The van der Waals surface area contributed by atoms with Gasteiger partial charge in [-0.1, -0.05) is 11.8 Å². The van der Waals surface area contributed by atoms with E-state index in [1.807, 2.05) is 17.8 Å². The Bertz CT molecular complexity index is 588. The maximum Gasteiger partial charge on any atom is 0.326 e. The Morgan fingerprint density at radius 1 is 1.36 bits per heavy atom. The maximum atomic E-state index is 11.9. The van der Waals surface area contributed by atoms with Gasteiger partial charge in [0.05, 0.1) is 6.42 Å². The van der Waals surface area contributed by atoms with Gasteiger partial charge in [0, 0.05) is 45.8 Å². The van der Waals surface area contributed by atoms with E-state index in [0.717, 1.165) is 10.1 Å². The highest BCUT2D eigenvalue weighted by atomic mass is 32.2. The fourth-order valence-electron chi connectivity index (χ4n) is 2.15. The number of amides is 4. The Labute approximate surface area is 132 Å². The van der Waals surface area contributed by atoms with E-state index in [1.165, 1.54) is 30.8 Å². The molecule has 2 rings (SSSR count). The molecule has 0 aromatic carbocycles. The molecule has 2 heterocycles. The van der Waals surface area contributed by atoms with Gasteiger partial charge in [-0.2, -0.15) is 0 Å². The number of urea groups is 1. The van der Waals surface area contributed by atoms with E-state index in [2.05, 4.69) is 10.3 Å². The number of imidazole rings is 1. The minimum atomic E-state index is -0.709. The van der Waals surface area contributed by atoms with Crippen LogP contribution in [0, 0.1) is 0 Å². The third-order valence-corrected chi connectivity index (χ3v) is 4.54. The van der Waals surface area contributed by atoms with Crippen molar-refractivity contribution in [2.75, 3.05) is 26.4 Å². The van der Waals surface area contributed by atoms with Gasteiger partial charge in [0.2, 0.25) is 5.91 Å². The number of carbonyl (C=O) groups excluding carboxylic acids is 3. The molecule has 1 saturated heterocycles. The van der Waals surface area contributed by atoms with E-state index >= 15 is 0 Å². The number of rotatable bonds is 6. The predicted octanol–water partition coefficient (Wildman–Crippen LogP) is -0.0891. The SMILES string of the molecule is CN1C(=O)[C@@H](CC(=O)NCCSc2nccn2C)N(C)C1=O. The van der Waals surface area contributed by atoms with Gasteiger partial charge >= 0.3 is 6.03 Å². The van der Waals surface area contributed by atoms with Crippen molar-refractivity contribution in [1.82, 2.24) is 24.7 Å². The number of aromatic nitrogens is 2. The number of hydrogen-bond acceptors (Lipinski definition) is 5. The Balaban J connectivity index is 1.73. The lowest BCUT2D eigenvalue weighted by atomic mass is 10.2. The molecule has 0 saturated carbocycles. The molecule has 22 heavy (non-hydrogen) atoms. The van der Waals surface area contributed by atoms with Crippen LogP contribution in [0.25, 0.3) is 0 Å². The quantitative estimate of drug-likeness (QED) is 0.449. The van der Waals surface area contributed by atoms with Crippen molar-refractivity contribution in [2.45, 2.75) is 17.6 Å². The van der Waals surface area contributed by atoms with Gasteiger partial charge in [-0.15, -0.1) is 0 Å². The summed E-state index contributed by atoms with van der Waals surface area (Å²) in [7, 11) is 4.85. The molecular formula is C13H19N5O3S. The van der Waals surface area contributed by atoms with E-state index in [-0.39, 0.29) is 24.3 Å². The van der Waals surface area contributed by atoms with Crippen molar-refractivity contribution in [3.63, 3.8) is 0 Å². The van der Waals surface area contributed by atoms with Crippen LogP contribution >= 0.6 is 11.8 Å². The summed E-state index contributed by atoms with van der Waals surface area (Å²) in [6, 6.07) is -1.09. The predicted molar refractivity (Wildman–Crippen MR) is 81.3 cm³/mol. The van der Waals surface area contributed by atoms with E-state index in [1.54, 1.807) is 6.20 Å². The first-order valence-corrected chi connectivity index (χ1v) is 7.81. The van der Waals surface area contributed by atoms with Gasteiger partial charge in [0.25, 0.3) is 5.91 Å². The highest BCUT2D eigenvalue weighted by molar-refractivity contribution is 7.99. The molecule has 1 aliphatic heterocycles. The number of nitrogens with zero attached hydrogens (tertiary/aromatic N) is 4. The van der Waals surface area contributed by atoms with Crippen LogP contribution in [0.1, 0.15) is 6.42 Å². The molecule has 0 unspecified atom stereocenters. The monoisotopic (exact) mass is 325 g/mol. The van der Waals surface area contributed by atoms with E-state index in [9.17, 15) is 14.4 Å². The first-order valence-electron chi connectivity index (χ1n) is 6.83. The second kappa shape index (κ2) is 6.82. The Hall–Kier alpha value is -2.03. The number of hydrogen-bond donors (Lipinski definition) is 1. The molecule has 0 spiro atoms. The van der Waals surface area contributed by atoms with E-state index in [4.69, 9.17) is 0 Å². The summed E-state index contributed by atoms with van der Waals surface area (Å²) < 4.78 is 1.90. The van der Waals surface area contributed by atoms with Crippen LogP contribution in [-0.4, -0.2) is 69.6 Å². The smallest absolute Gasteiger partial charge is 0.326 e. The van der Waals surface area contributed by atoms with Gasteiger partial charge in [0.15, 0.2) is 5.16 Å². The third-order valence-electron chi connectivity index (χ3n) is 3.48. The summed E-state index contributed by atoms with van der Waals surface area (Å²) in [6.07, 6.45) is 3.56. The van der Waals surface area contributed by atoms with Crippen LogP contribution in [0.4, 0.5) is 4.79 Å². The van der Waals surface area contributed by atoms with Crippen LogP contribution in [0.2, 0.25) is 0 Å². The van der Waals surface area contributed by atoms with Gasteiger partial charge in [-0.3, -0.25) is 14.5 Å². The largest absolute Gasteiger partial charge is 0.355 e. The minimum Gasteiger partial charge on any atom is -0.355 e. The molecule has 1 fully saturated rings. The second-order valence-corrected chi connectivity index (χ2v) is 6.09. The average molecular weight is 325 g/mol. The topological polar surface area (TPSA) is 87.5 Å². The van der Waals surface area contributed by atoms with Crippen molar-refractivity contribution in [2.24, 2.45) is 7.05 Å². The third kappa shape index (κ3) is 3.41. The molecule has 120 valence electrons. The number of carbonyl (C=O) groups is 3. The van der Waals surface area contributed by atoms with E-state index < -0.39 is 6.04 Å². The minimum absolute atomic E-state index is 0.0154. The highest BCUT2D eigenvalue weighted by Crippen LogP contribution is 2.16. The summed E-state index contributed by atoms with van der Waals surface area (Å²) in [5, 5.41) is 3.64. The van der Waals surface area contributed by atoms with Crippen LogP contribution in [0.15, 0.2) is 17.6 Å². The van der Waals surface area contributed by atoms with Crippen LogP contribution in [-0.2, 0) is 16.6 Å². The van der Waals surface area contributed by atoms with Gasteiger partial charge < -0.3 is 14.8 Å². The Morgan fingerprint density at radius 2 is 2.09 bits per heavy atom. The molecule has 8 nitrogen and oxygen atoms in total. The lowest BCUT2D eigenvalue weighted by Crippen LogP contribution is -2.38. The highest BCUT2D eigenvalue weighted by Gasteiger charge is 2.41. The Kier molecular flexibility index (Phi) is 5.07. The Morgan fingerprint density at radius 3 is 2.64 bits per heavy atom. The molecule has 1 aliphatic rings. The first-order chi connectivity index (χ1) is 10.4. The number of imide groups is 1. The second-order valence-electron chi connectivity index (χ2n) is 5.03. The number of aryl methyl sites for hydroxylation is 1. The molecule has 4 amide bonds. The molecule has 1 aromatic heterocycles. The maximum absolute atomic E-state index is 11.9. The molecule has 1 N–H and O–H groups in total. The summed E-state index contributed by atoms with van der Waals surface area (Å²) in [4.78, 5) is 41.9. The van der Waals surface area contributed by atoms with Crippen molar-refractivity contribution in [3.8, 4) is 0 Å². The average Bonchev–Trinajstić information content (AvgIpc) is 2.97. The van der Waals surface area contributed by atoms with Crippen molar-refractivity contribution in [1.29, 1.82) is 0 Å². The number of thioether (sulfide) groups is 1. The summed E-state index contributed by atoms with van der Waals surface area (Å²) in [5.74, 6) is 0.0999. The molecule has 0 bridgehead atoms. The van der Waals surface area contributed by atoms with Gasteiger partial charge in [0.1, 0.15) is 6.04 Å². The van der Waals surface area contributed by atoms with Gasteiger partial charge in [-0.05, 0) is 0 Å². The zero-order chi connectivity index (χ0) is 16.3. The van der Waals surface area contributed by atoms with E-state index in [0.29, 0.717) is 12.3 Å². The zero-order valence-corrected chi connectivity index (χ0v) is 13.6. The number of likely N-dealkylation sites (N-methyl/N-ethyl adjacent to an activating group) is 2. The van der Waals surface area contributed by atoms with Gasteiger partial charge in [-0.25, -0.2) is 9.78 Å².